The molecular formula is C17H10N2O2. The highest BCUT2D eigenvalue weighted by atomic mass is 16.3. The van der Waals surface area contributed by atoms with Gasteiger partial charge in [0.15, 0.2) is 11.2 Å². The summed E-state index contributed by atoms with van der Waals surface area (Å²) < 4.78 is 5.78. The van der Waals surface area contributed by atoms with Crippen LogP contribution in [0.1, 0.15) is 0 Å². The second-order valence-corrected chi connectivity index (χ2v) is 4.72. The van der Waals surface area contributed by atoms with E-state index in [1.165, 1.54) is 6.07 Å². The molecule has 4 nitrogen and oxygen atoms in total. The zero-order chi connectivity index (χ0) is 14.2. The van der Waals surface area contributed by atoms with E-state index in [1.807, 2.05) is 36.4 Å². The highest BCUT2D eigenvalue weighted by molar-refractivity contribution is 5.79. The largest absolute Gasteiger partial charge is 0.454 e. The van der Waals surface area contributed by atoms with Gasteiger partial charge >= 0.3 is 0 Å². The molecule has 0 aliphatic heterocycles. The fourth-order valence-corrected chi connectivity index (χ4v) is 2.31. The molecule has 2 aromatic heterocycles. The van der Waals surface area contributed by atoms with Crippen molar-refractivity contribution in [1.82, 2.24) is 9.97 Å². The van der Waals surface area contributed by atoms with Crippen LogP contribution in [0.2, 0.25) is 0 Å². The Morgan fingerprint density at radius 2 is 1.67 bits per heavy atom. The Balaban J connectivity index is 1.97. The van der Waals surface area contributed by atoms with Gasteiger partial charge in [-0.3, -0.25) is 9.78 Å². The number of aromatic nitrogens is 2. The van der Waals surface area contributed by atoms with Crippen molar-refractivity contribution in [3.63, 3.8) is 0 Å². The van der Waals surface area contributed by atoms with Crippen molar-refractivity contribution in [2.24, 2.45) is 0 Å². The minimum atomic E-state index is -0.0817. The molecule has 0 N–H and O–H groups in total. The smallest absolute Gasteiger partial charge is 0.193 e. The van der Waals surface area contributed by atoms with Crippen LogP contribution in [0.3, 0.4) is 0 Å². The summed E-state index contributed by atoms with van der Waals surface area (Å²) in [6.45, 7) is 0. The number of nitrogens with zero attached hydrogens (tertiary/aromatic N) is 2. The van der Waals surface area contributed by atoms with E-state index in [2.05, 4.69) is 9.97 Å². The Bertz CT molecular complexity index is 1020. The molecule has 4 rings (SSSR count). The van der Waals surface area contributed by atoms with Crippen LogP contribution in [0.5, 0.6) is 0 Å². The fourth-order valence-electron chi connectivity index (χ4n) is 2.31. The number of rotatable bonds is 1. The van der Waals surface area contributed by atoms with Crippen LogP contribution in [0.25, 0.3) is 33.5 Å². The summed E-state index contributed by atoms with van der Waals surface area (Å²) in [5, 5.41) is 0.565. The normalized spacial score (nSPS) is 11.0. The summed E-state index contributed by atoms with van der Waals surface area (Å²) >= 11 is 0. The number of hydrogen-bond acceptors (Lipinski definition) is 4. The predicted octanol–water partition coefficient (Wildman–Crippen LogP) is 3.40. The van der Waals surface area contributed by atoms with Gasteiger partial charge in [0.05, 0.1) is 22.6 Å². The van der Waals surface area contributed by atoms with Crippen LogP contribution in [-0.2, 0) is 0 Å². The molecule has 0 radical (unpaired) electrons. The number of fused-ring (bicyclic) bond motifs is 2. The molecule has 0 saturated heterocycles. The molecule has 2 heterocycles. The highest BCUT2D eigenvalue weighted by Crippen LogP contribution is 2.21. The Hall–Kier alpha value is -3.01. The molecule has 0 fully saturated rings. The van der Waals surface area contributed by atoms with Crippen molar-refractivity contribution in [3.05, 3.63) is 71.0 Å². The van der Waals surface area contributed by atoms with E-state index < -0.39 is 0 Å². The molecule has 4 aromatic rings. The summed E-state index contributed by atoms with van der Waals surface area (Å²) in [6.07, 6.45) is 1.62. The first-order valence-corrected chi connectivity index (χ1v) is 6.56. The van der Waals surface area contributed by atoms with E-state index in [0.717, 1.165) is 11.0 Å². The summed E-state index contributed by atoms with van der Waals surface area (Å²) in [5.41, 5.74) is 2.60. The van der Waals surface area contributed by atoms with Crippen LogP contribution in [0.15, 0.2) is 70.0 Å². The van der Waals surface area contributed by atoms with Gasteiger partial charge in [-0.2, -0.15) is 0 Å². The van der Waals surface area contributed by atoms with E-state index >= 15 is 0 Å². The van der Waals surface area contributed by atoms with Crippen LogP contribution in [0.4, 0.5) is 0 Å². The first kappa shape index (κ1) is 11.8. The topological polar surface area (TPSA) is 56.0 Å². The van der Waals surface area contributed by atoms with Crippen LogP contribution >= 0.6 is 0 Å². The average Bonchev–Trinajstić information content (AvgIpc) is 2.54. The molecular weight excluding hydrogens is 264 g/mol. The molecule has 0 unspecified atom stereocenters. The monoisotopic (exact) mass is 274 g/mol. The molecule has 0 amide bonds. The highest BCUT2D eigenvalue weighted by Gasteiger charge is 2.08. The van der Waals surface area contributed by atoms with Crippen LogP contribution in [-0.4, -0.2) is 9.97 Å². The molecule has 0 aliphatic carbocycles. The van der Waals surface area contributed by atoms with Crippen molar-refractivity contribution in [2.45, 2.75) is 0 Å². The maximum absolute atomic E-state index is 12.1. The minimum absolute atomic E-state index is 0.0817. The molecule has 4 heteroatoms. The van der Waals surface area contributed by atoms with Gasteiger partial charge in [0.2, 0.25) is 0 Å². The maximum atomic E-state index is 12.1. The van der Waals surface area contributed by atoms with Gasteiger partial charge in [0.25, 0.3) is 0 Å². The van der Waals surface area contributed by atoms with Gasteiger partial charge in [0, 0.05) is 6.07 Å². The third kappa shape index (κ3) is 1.97. The third-order valence-electron chi connectivity index (χ3n) is 3.34. The lowest BCUT2D eigenvalue weighted by Crippen LogP contribution is -2.00. The van der Waals surface area contributed by atoms with Crippen molar-refractivity contribution >= 4 is 22.0 Å². The summed E-state index contributed by atoms with van der Waals surface area (Å²) in [6, 6.07) is 16.2. The second-order valence-electron chi connectivity index (χ2n) is 4.72. The van der Waals surface area contributed by atoms with Gasteiger partial charge in [0.1, 0.15) is 11.3 Å². The lowest BCUT2D eigenvalue weighted by molar-refractivity contribution is 0.616. The number of hydrogen-bond donors (Lipinski definition) is 0. The quantitative estimate of drug-likeness (QED) is 0.534. The average molecular weight is 274 g/mol. The minimum Gasteiger partial charge on any atom is -0.454 e. The number of benzene rings is 2. The number of para-hydroxylation sites is 3. The lowest BCUT2D eigenvalue weighted by atomic mass is 10.2. The van der Waals surface area contributed by atoms with Gasteiger partial charge in [-0.25, -0.2) is 4.98 Å². The molecule has 0 atom stereocenters. The fraction of sp³-hybridized carbons (Fsp3) is 0. The van der Waals surface area contributed by atoms with E-state index in [4.69, 9.17) is 4.42 Å². The summed E-state index contributed by atoms with van der Waals surface area (Å²) in [5.74, 6) is 0.428. The standard InChI is InChI=1S/C17H10N2O2/c20-15-9-17(21-16-8-4-1-5-11(15)16)14-10-18-12-6-2-3-7-13(12)19-14/h1-10H. The lowest BCUT2D eigenvalue weighted by Gasteiger charge is -2.03. The van der Waals surface area contributed by atoms with Crippen LogP contribution < -0.4 is 5.43 Å². The Kier molecular flexibility index (Phi) is 2.54. The SMILES string of the molecule is O=c1cc(-c2cnc3ccccc3n2)oc2ccccc12. The third-order valence-corrected chi connectivity index (χ3v) is 3.34. The molecule has 0 saturated carbocycles. The zero-order valence-electron chi connectivity index (χ0n) is 11.0. The predicted molar refractivity (Wildman–Crippen MR) is 81.0 cm³/mol. The molecule has 21 heavy (non-hydrogen) atoms. The van der Waals surface area contributed by atoms with E-state index in [1.54, 1.807) is 18.3 Å². The van der Waals surface area contributed by atoms with Crippen molar-refractivity contribution in [2.75, 3.05) is 0 Å². The molecule has 0 bridgehead atoms. The zero-order valence-corrected chi connectivity index (χ0v) is 11.0. The van der Waals surface area contributed by atoms with Crippen molar-refractivity contribution in [3.8, 4) is 11.5 Å². The maximum Gasteiger partial charge on any atom is 0.193 e. The van der Waals surface area contributed by atoms with E-state index in [9.17, 15) is 4.79 Å². The summed E-state index contributed by atoms with van der Waals surface area (Å²) in [4.78, 5) is 21.0. The summed E-state index contributed by atoms with van der Waals surface area (Å²) in [7, 11) is 0. The van der Waals surface area contributed by atoms with E-state index in [-0.39, 0.29) is 5.43 Å². The Morgan fingerprint density at radius 1 is 0.905 bits per heavy atom. The van der Waals surface area contributed by atoms with Gasteiger partial charge in [-0.15, -0.1) is 0 Å². The second kappa shape index (κ2) is 4.52. The Morgan fingerprint density at radius 3 is 2.57 bits per heavy atom. The first-order chi connectivity index (χ1) is 10.3. The molecule has 0 spiro atoms. The van der Waals surface area contributed by atoms with E-state index in [0.29, 0.717) is 22.4 Å². The Labute approximate surface area is 119 Å². The van der Waals surface area contributed by atoms with Gasteiger partial charge < -0.3 is 4.42 Å². The van der Waals surface area contributed by atoms with Crippen molar-refractivity contribution in [1.29, 1.82) is 0 Å². The van der Waals surface area contributed by atoms with Crippen molar-refractivity contribution < 1.29 is 4.42 Å². The first-order valence-electron chi connectivity index (χ1n) is 6.56. The van der Waals surface area contributed by atoms with Gasteiger partial charge in [-0.1, -0.05) is 24.3 Å². The molecule has 100 valence electrons. The molecule has 0 aliphatic rings. The molecule has 2 aromatic carbocycles. The van der Waals surface area contributed by atoms with Gasteiger partial charge in [-0.05, 0) is 24.3 Å². The van der Waals surface area contributed by atoms with Crippen LogP contribution in [0, 0.1) is 0 Å².